The van der Waals surface area contributed by atoms with Crippen LogP contribution in [0.3, 0.4) is 0 Å². The van der Waals surface area contributed by atoms with E-state index in [9.17, 15) is 14.7 Å². The molecule has 0 unspecified atom stereocenters. The molecule has 1 aromatic rings. The van der Waals surface area contributed by atoms with Crippen LogP contribution in [0.15, 0.2) is 24.3 Å². The molecule has 0 atom stereocenters. The smallest absolute Gasteiger partial charge is 0.314 e. The minimum atomic E-state index is -0.763. The molecule has 0 aromatic heterocycles. The van der Waals surface area contributed by atoms with Crippen molar-refractivity contribution in [1.29, 1.82) is 0 Å². The molecule has 0 saturated heterocycles. The summed E-state index contributed by atoms with van der Waals surface area (Å²) in [6, 6.07) is 7.16. The SMILES string of the molecule is CCC(C)(C)C(=O)Nc1ccc(C2(C(=O)O)CC2)cc1. The molecule has 0 heterocycles. The fraction of sp³-hybridized carbons (Fsp3) is 0.500. The quantitative estimate of drug-likeness (QED) is 0.867. The molecular weight excluding hydrogens is 254 g/mol. The molecule has 108 valence electrons. The van der Waals surface area contributed by atoms with Crippen LogP contribution in [0.4, 0.5) is 5.69 Å². The number of aliphatic carboxylic acids is 1. The molecule has 0 aliphatic heterocycles. The Morgan fingerprint density at radius 1 is 1.25 bits per heavy atom. The molecule has 2 N–H and O–H groups in total. The lowest BCUT2D eigenvalue weighted by atomic mass is 9.89. The number of amides is 1. The van der Waals surface area contributed by atoms with Gasteiger partial charge >= 0.3 is 5.97 Å². The van der Waals surface area contributed by atoms with Crippen molar-refractivity contribution in [2.24, 2.45) is 5.41 Å². The third kappa shape index (κ3) is 2.55. The normalized spacial score (nSPS) is 16.6. The maximum Gasteiger partial charge on any atom is 0.314 e. The van der Waals surface area contributed by atoms with Gasteiger partial charge < -0.3 is 10.4 Å². The van der Waals surface area contributed by atoms with E-state index in [2.05, 4.69) is 5.32 Å². The summed E-state index contributed by atoms with van der Waals surface area (Å²) >= 11 is 0. The monoisotopic (exact) mass is 275 g/mol. The van der Waals surface area contributed by atoms with Gasteiger partial charge in [-0.15, -0.1) is 0 Å². The highest BCUT2D eigenvalue weighted by atomic mass is 16.4. The first kappa shape index (κ1) is 14.6. The van der Waals surface area contributed by atoms with E-state index in [1.807, 2.05) is 20.8 Å². The number of nitrogens with one attached hydrogen (secondary N) is 1. The van der Waals surface area contributed by atoms with Crippen LogP contribution < -0.4 is 5.32 Å². The lowest BCUT2D eigenvalue weighted by Gasteiger charge is -2.21. The molecule has 1 amide bonds. The molecular formula is C16H21NO3. The summed E-state index contributed by atoms with van der Waals surface area (Å²) in [5.41, 5.74) is 0.432. The molecule has 20 heavy (non-hydrogen) atoms. The molecule has 1 aliphatic carbocycles. The highest BCUT2D eigenvalue weighted by Crippen LogP contribution is 2.48. The molecule has 1 saturated carbocycles. The average molecular weight is 275 g/mol. The van der Waals surface area contributed by atoms with Gasteiger partial charge in [0.1, 0.15) is 0 Å². The predicted octanol–water partition coefficient (Wildman–Crippen LogP) is 3.18. The molecule has 1 aromatic carbocycles. The van der Waals surface area contributed by atoms with Crippen molar-refractivity contribution in [2.75, 3.05) is 5.32 Å². The van der Waals surface area contributed by atoms with Gasteiger partial charge in [-0.2, -0.15) is 0 Å². The zero-order chi connectivity index (χ0) is 15.0. The van der Waals surface area contributed by atoms with E-state index in [1.165, 1.54) is 0 Å². The van der Waals surface area contributed by atoms with E-state index in [0.717, 1.165) is 12.0 Å². The lowest BCUT2D eigenvalue weighted by Crippen LogP contribution is -2.30. The topological polar surface area (TPSA) is 66.4 Å². The van der Waals surface area contributed by atoms with E-state index in [0.29, 0.717) is 18.5 Å². The van der Waals surface area contributed by atoms with Gasteiger partial charge in [0.05, 0.1) is 5.41 Å². The molecule has 2 rings (SSSR count). The van der Waals surface area contributed by atoms with Crippen LogP contribution in [0.2, 0.25) is 0 Å². The first-order valence-electron chi connectivity index (χ1n) is 6.97. The number of carbonyl (C=O) groups excluding carboxylic acids is 1. The summed E-state index contributed by atoms with van der Waals surface area (Å²) in [4.78, 5) is 23.3. The standard InChI is InChI=1S/C16H21NO3/c1-4-15(2,3)13(18)17-12-7-5-11(6-8-12)16(9-10-16)14(19)20/h5-8H,4,9-10H2,1-3H3,(H,17,18)(H,19,20). The maximum absolute atomic E-state index is 12.1. The lowest BCUT2D eigenvalue weighted by molar-refractivity contribution is -0.140. The van der Waals surface area contributed by atoms with Gasteiger partial charge in [0, 0.05) is 11.1 Å². The second kappa shape index (κ2) is 4.93. The Labute approximate surface area is 119 Å². The Kier molecular flexibility index (Phi) is 3.59. The van der Waals surface area contributed by atoms with Crippen molar-refractivity contribution in [3.63, 3.8) is 0 Å². The van der Waals surface area contributed by atoms with Crippen LogP contribution in [0.1, 0.15) is 45.6 Å². The zero-order valence-electron chi connectivity index (χ0n) is 12.2. The predicted molar refractivity (Wildman–Crippen MR) is 77.7 cm³/mol. The molecule has 1 fully saturated rings. The van der Waals surface area contributed by atoms with Gasteiger partial charge in [-0.25, -0.2) is 0 Å². The fourth-order valence-electron chi connectivity index (χ4n) is 2.08. The van der Waals surface area contributed by atoms with Gasteiger partial charge in [0.15, 0.2) is 0 Å². The van der Waals surface area contributed by atoms with E-state index in [1.54, 1.807) is 24.3 Å². The van der Waals surface area contributed by atoms with E-state index in [-0.39, 0.29) is 5.91 Å². The largest absolute Gasteiger partial charge is 0.481 e. The van der Waals surface area contributed by atoms with Gasteiger partial charge in [-0.05, 0) is 37.0 Å². The van der Waals surface area contributed by atoms with Gasteiger partial charge in [-0.1, -0.05) is 32.9 Å². The highest BCUT2D eigenvalue weighted by Gasteiger charge is 2.51. The van der Waals surface area contributed by atoms with E-state index < -0.39 is 16.8 Å². The number of hydrogen-bond donors (Lipinski definition) is 2. The number of hydrogen-bond acceptors (Lipinski definition) is 2. The van der Waals surface area contributed by atoms with Gasteiger partial charge in [0.2, 0.25) is 5.91 Å². The van der Waals surface area contributed by atoms with Crippen LogP contribution in [0.5, 0.6) is 0 Å². The van der Waals surface area contributed by atoms with Crippen molar-refractivity contribution in [1.82, 2.24) is 0 Å². The van der Waals surface area contributed by atoms with Crippen LogP contribution in [-0.4, -0.2) is 17.0 Å². The van der Waals surface area contributed by atoms with Crippen LogP contribution >= 0.6 is 0 Å². The number of carbonyl (C=O) groups is 2. The third-order valence-electron chi connectivity index (χ3n) is 4.35. The van der Waals surface area contributed by atoms with E-state index in [4.69, 9.17) is 0 Å². The summed E-state index contributed by atoms with van der Waals surface area (Å²) in [5.74, 6) is -0.784. The highest BCUT2D eigenvalue weighted by molar-refractivity contribution is 5.95. The van der Waals surface area contributed by atoms with Crippen LogP contribution in [-0.2, 0) is 15.0 Å². The molecule has 4 nitrogen and oxygen atoms in total. The van der Waals surface area contributed by atoms with Crippen molar-refractivity contribution >= 4 is 17.6 Å². The van der Waals surface area contributed by atoms with Crippen molar-refractivity contribution in [2.45, 2.75) is 45.4 Å². The van der Waals surface area contributed by atoms with Crippen molar-refractivity contribution in [3.8, 4) is 0 Å². The van der Waals surface area contributed by atoms with Crippen molar-refractivity contribution in [3.05, 3.63) is 29.8 Å². The molecule has 0 radical (unpaired) electrons. The molecule has 4 heteroatoms. The minimum absolute atomic E-state index is 0.0212. The average Bonchev–Trinajstić information content (AvgIpc) is 3.21. The first-order valence-corrected chi connectivity index (χ1v) is 6.97. The Balaban J connectivity index is 2.10. The fourth-order valence-corrected chi connectivity index (χ4v) is 2.08. The third-order valence-corrected chi connectivity index (χ3v) is 4.35. The van der Waals surface area contributed by atoms with Gasteiger partial charge in [-0.3, -0.25) is 9.59 Å². The zero-order valence-corrected chi connectivity index (χ0v) is 12.2. The number of benzene rings is 1. The maximum atomic E-state index is 12.1. The number of carboxylic acid groups (broad SMARTS) is 1. The summed E-state index contributed by atoms with van der Waals surface area (Å²) in [6.45, 7) is 5.78. The number of rotatable bonds is 5. The number of carboxylic acids is 1. The molecule has 1 aliphatic rings. The summed E-state index contributed by atoms with van der Waals surface area (Å²) in [5, 5.41) is 12.1. The Morgan fingerprint density at radius 3 is 2.20 bits per heavy atom. The number of anilines is 1. The summed E-state index contributed by atoms with van der Waals surface area (Å²) in [7, 11) is 0. The Morgan fingerprint density at radius 2 is 1.80 bits per heavy atom. The second-order valence-corrected chi connectivity index (χ2v) is 6.16. The minimum Gasteiger partial charge on any atom is -0.481 e. The molecule has 0 bridgehead atoms. The summed E-state index contributed by atoms with van der Waals surface area (Å²) in [6.07, 6.45) is 2.15. The molecule has 0 spiro atoms. The van der Waals surface area contributed by atoms with Crippen molar-refractivity contribution < 1.29 is 14.7 Å². The first-order chi connectivity index (χ1) is 9.32. The van der Waals surface area contributed by atoms with Crippen LogP contribution in [0, 0.1) is 5.41 Å². The van der Waals surface area contributed by atoms with Gasteiger partial charge in [0.25, 0.3) is 0 Å². The summed E-state index contributed by atoms with van der Waals surface area (Å²) < 4.78 is 0. The Hall–Kier alpha value is -1.84. The Bertz CT molecular complexity index is 527. The second-order valence-electron chi connectivity index (χ2n) is 6.16. The van der Waals surface area contributed by atoms with Crippen LogP contribution in [0.25, 0.3) is 0 Å². The van der Waals surface area contributed by atoms with E-state index >= 15 is 0 Å².